The lowest BCUT2D eigenvalue weighted by atomic mass is 10.3. The summed E-state index contributed by atoms with van der Waals surface area (Å²) in [6.45, 7) is 1.91. The quantitative estimate of drug-likeness (QED) is 0.725. The summed E-state index contributed by atoms with van der Waals surface area (Å²) < 4.78 is 1.12. The second-order valence-corrected chi connectivity index (χ2v) is 6.97. The number of thiophene rings is 1. The van der Waals surface area contributed by atoms with E-state index < -0.39 is 11.2 Å². The lowest BCUT2D eigenvalue weighted by Crippen LogP contribution is -2.32. The Balaban J connectivity index is 1.69. The van der Waals surface area contributed by atoms with Gasteiger partial charge in [-0.15, -0.1) is 22.7 Å². The van der Waals surface area contributed by atoms with E-state index in [4.69, 9.17) is 0 Å². The van der Waals surface area contributed by atoms with Gasteiger partial charge in [0.1, 0.15) is 6.54 Å². The summed E-state index contributed by atoms with van der Waals surface area (Å²) in [5.74, 6) is -0.384. The minimum absolute atomic E-state index is 0.191. The molecule has 0 atom stereocenters. The number of aromatic nitrogens is 3. The second kappa shape index (κ2) is 6.93. The van der Waals surface area contributed by atoms with Crippen LogP contribution in [0.2, 0.25) is 0 Å². The highest BCUT2D eigenvalue weighted by atomic mass is 32.1. The Morgan fingerprint density at radius 1 is 1.33 bits per heavy atom. The highest BCUT2D eigenvalue weighted by Crippen LogP contribution is 2.30. The number of hydrogen-bond acceptors (Lipinski definition) is 6. The van der Waals surface area contributed by atoms with Gasteiger partial charge in [0, 0.05) is 22.5 Å². The summed E-state index contributed by atoms with van der Waals surface area (Å²) in [6, 6.07) is 5.28. The van der Waals surface area contributed by atoms with Crippen molar-refractivity contribution in [3.63, 3.8) is 0 Å². The van der Waals surface area contributed by atoms with Gasteiger partial charge in [0.2, 0.25) is 5.91 Å². The van der Waals surface area contributed by atoms with Crippen molar-refractivity contribution in [2.75, 3.05) is 5.32 Å². The molecule has 24 heavy (non-hydrogen) atoms. The van der Waals surface area contributed by atoms with Crippen molar-refractivity contribution in [2.45, 2.75) is 19.9 Å². The van der Waals surface area contributed by atoms with E-state index >= 15 is 0 Å². The van der Waals surface area contributed by atoms with E-state index in [1.165, 1.54) is 28.5 Å². The molecule has 3 rings (SSSR count). The van der Waals surface area contributed by atoms with Gasteiger partial charge in [-0.05, 0) is 18.6 Å². The molecule has 0 aliphatic carbocycles. The summed E-state index contributed by atoms with van der Waals surface area (Å²) >= 11 is 3.00. The molecular weight excluding hydrogens is 348 g/mol. The third-order valence-electron chi connectivity index (χ3n) is 3.22. The van der Waals surface area contributed by atoms with E-state index in [0.717, 1.165) is 21.6 Å². The number of H-pyrrole nitrogens is 1. The van der Waals surface area contributed by atoms with Crippen molar-refractivity contribution in [1.29, 1.82) is 0 Å². The Labute approximate surface area is 144 Å². The van der Waals surface area contributed by atoms with E-state index in [0.29, 0.717) is 5.13 Å². The Morgan fingerprint density at radius 3 is 2.88 bits per heavy atom. The number of amides is 1. The Kier molecular flexibility index (Phi) is 4.72. The highest BCUT2D eigenvalue weighted by molar-refractivity contribution is 7.17. The number of nitrogens with zero attached hydrogens (tertiary/aromatic N) is 2. The predicted octanol–water partition coefficient (Wildman–Crippen LogP) is 1.92. The zero-order valence-corrected chi connectivity index (χ0v) is 14.4. The van der Waals surface area contributed by atoms with E-state index in [2.05, 4.69) is 28.3 Å². The highest BCUT2D eigenvalue weighted by Gasteiger charge is 2.11. The average Bonchev–Trinajstić information content (AvgIpc) is 3.18. The topological polar surface area (TPSA) is 96.9 Å². The lowest BCUT2D eigenvalue weighted by molar-refractivity contribution is -0.116. The van der Waals surface area contributed by atoms with Gasteiger partial charge in [0.15, 0.2) is 5.13 Å². The van der Waals surface area contributed by atoms with Crippen molar-refractivity contribution in [1.82, 2.24) is 14.5 Å². The molecule has 0 saturated heterocycles. The van der Waals surface area contributed by atoms with Crippen LogP contribution in [0.1, 0.15) is 11.8 Å². The van der Waals surface area contributed by atoms with Gasteiger partial charge < -0.3 is 5.32 Å². The largest absolute Gasteiger partial charge is 0.328 e. The predicted molar refractivity (Wildman–Crippen MR) is 94.8 cm³/mol. The van der Waals surface area contributed by atoms with Crippen LogP contribution in [-0.2, 0) is 17.8 Å². The molecule has 3 heterocycles. The van der Waals surface area contributed by atoms with Crippen molar-refractivity contribution >= 4 is 33.7 Å². The van der Waals surface area contributed by atoms with E-state index in [9.17, 15) is 14.4 Å². The van der Waals surface area contributed by atoms with Crippen LogP contribution >= 0.6 is 22.7 Å². The van der Waals surface area contributed by atoms with Crippen LogP contribution in [0.3, 0.4) is 0 Å². The van der Waals surface area contributed by atoms with Gasteiger partial charge in [0.05, 0.1) is 10.6 Å². The fraction of sp³-hybridized carbons (Fsp3) is 0.200. The molecule has 0 saturated carbocycles. The third kappa shape index (κ3) is 3.69. The van der Waals surface area contributed by atoms with Crippen LogP contribution in [0, 0.1) is 0 Å². The van der Waals surface area contributed by atoms with Gasteiger partial charge >= 0.3 is 5.69 Å². The number of thiazole rings is 1. The van der Waals surface area contributed by atoms with Crippen molar-refractivity contribution in [2.24, 2.45) is 0 Å². The van der Waals surface area contributed by atoms with Crippen LogP contribution in [0.15, 0.2) is 39.4 Å². The SMILES string of the molecule is CCc1ccc(-c2csc(NC(=O)Cn3ccc(=O)[nH]c3=O)n2)s1. The van der Waals surface area contributed by atoms with Crippen molar-refractivity contribution in [3.05, 3.63) is 55.5 Å². The molecule has 0 spiro atoms. The van der Waals surface area contributed by atoms with E-state index in [1.54, 1.807) is 11.3 Å². The normalized spacial score (nSPS) is 10.7. The Morgan fingerprint density at radius 2 is 2.17 bits per heavy atom. The number of carbonyl (C=O) groups is 1. The smallest absolute Gasteiger partial charge is 0.300 e. The minimum atomic E-state index is -0.622. The zero-order chi connectivity index (χ0) is 17.1. The maximum atomic E-state index is 12.0. The molecule has 0 radical (unpaired) electrons. The first kappa shape index (κ1) is 16.3. The molecular formula is C15H14N4O3S2. The second-order valence-electron chi connectivity index (χ2n) is 4.94. The molecule has 0 aromatic carbocycles. The molecule has 1 amide bonds. The van der Waals surface area contributed by atoms with Crippen LogP contribution in [0.25, 0.3) is 10.6 Å². The Hall–Kier alpha value is -2.52. The monoisotopic (exact) mass is 362 g/mol. The molecule has 0 bridgehead atoms. The number of hydrogen-bond donors (Lipinski definition) is 2. The zero-order valence-electron chi connectivity index (χ0n) is 12.7. The molecule has 0 unspecified atom stereocenters. The molecule has 3 aromatic heterocycles. The molecule has 0 aliphatic heterocycles. The number of aryl methyl sites for hydroxylation is 1. The maximum Gasteiger partial charge on any atom is 0.328 e. The summed E-state index contributed by atoms with van der Waals surface area (Å²) in [5, 5.41) is 5.02. The fourth-order valence-electron chi connectivity index (χ4n) is 2.03. The molecule has 7 nitrogen and oxygen atoms in total. The molecule has 3 aromatic rings. The summed E-state index contributed by atoms with van der Waals surface area (Å²) in [5.41, 5.74) is -0.298. The lowest BCUT2D eigenvalue weighted by Gasteiger charge is -2.03. The number of anilines is 1. The first-order chi connectivity index (χ1) is 11.5. The van der Waals surface area contributed by atoms with Gasteiger partial charge in [-0.2, -0.15) is 0 Å². The van der Waals surface area contributed by atoms with Crippen molar-refractivity contribution in [3.8, 4) is 10.6 Å². The van der Waals surface area contributed by atoms with E-state index in [1.807, 2.05) is 11.4 Å². The van der Waals surface area contributed by atoms with Gasteiger partial charge in [-0.25, -0.2) is 9.78 Å². The number of rotatable bonds is 5. The summed E-state index contributed by atoms with van der Waals surface area (Å²) in [6.07, 6.45) is 2.26. The van der Waals surface area contributed by atoms with Crippen molar-refractivity contribution < 1.29 is 4.79 Å². The maximum absolute atomic E-state index is 12.0. The third-order valence-corrected chi connectivity index (χ3v) is 5.23. The van der Waals surface area contributed by atoms with Crippen LogP contribution in [-0.4, -0.2) is 20.4 Å². The van der Waals surface area contributed by atoms with Gasteiger partial charge in [-0.3, -0.25) is 19.1 Å². The Bertz CT molecular complexity index is 983. The van der Waals surface area contributed by atoms with Gasteiger partial charge in [-0.1, -0.05) is 6.92 Å². The van der Waals surface area contributed by atoms with Crippen LogP contribution < -0.4 is 16.6 Å². The van der Waals surface area contributed by atoms with E-state index in [-0.39, 0.29) is 12.5 Å². The molecule has 0 fully saturated rings. The first-order valence-corrected chi connectivity index (χ1v) is 8.89. The summed E-state index contributed by atoms with van der Waals surface area (Å²) in [7, 11) is 0. The summed E-state index contributed by atoms with van der Waals surface area (Å²) in [4.78, 5) is 43.4. The van der Waals surface area contributed by atoms with Crippen LogP contribution in [0.5, 0.6) is 0 Å². The molecule has 2 N–H and O–H groups in total. The standard InChI is InChI=1S/C15H14N4O3S2/c1-2-9-3-4-11(24-9)10-8-23-14(16-10)17-13(21)7-19-6-5-12(20)18-15(19)22/h3-6,8H,2,7H2,1H3,(H,16,17,21)(H,18,20,22). The number of carbonyl (C=O) groups excluding carboxylic acids is 1. The molecule has 9 heteroatoms. The van der Waals surface area contributed by atoms with Crippen LogP contribution in [0.4, 0.5) is 5.13 Å². The minimum Gasteiger partial charge on any atom is -0.300 e. The number of aromatic amines is 1. The number of nitrogens with one attached hydrogen (secondary N) is 2. The average molecular weight is 362 g/mol. The fourth-order valence-corrected chi connectivity index (χ4v) is 3.74. The first-order valence-electron chi connectivity index (χ1n) is 7.19. The van der Waals surface area contributed by atoms with Gasteiger partial charge in [0.25, 0.3) is 5.56 Å². The molecule has 0 aliphatic rings. The molecule has 124 valence electrons.